The van der Waals surface area contributed by atoms with E-state index in [9.17, 15) is 4.79 Å². The van der Waals surface area contributed by atoms with Gasteiger partial charge < -0.3 is 4.74 Å². The normalized spacial score (nSPS) is 13.8. The summed E-state index contributed by atoms with van der Waals surface area (Å²) in [7, 11) is 0. The van der Waals surface area contributed by atoms with Gasteiger partial charge in [-0.3, -0.25) is 14.7 Å². The van der Waals surface area contributed by atoms with Crippen molar-refractivity contribution in [2.75, 3.05) is 11.9 Å². The molecule has 3 rings (SSSR count). The highest BCUT2D eigenvalue weighted by Gasteiger charge is 2.19. The van der Waals surface area contributed by atoms with E-state index in [1.807, 2.05) is 56.6 Å². The van der Waals surface area contributed by atoms with Crippen LogP contribution in [0.3, 0.4) is 0 Å². The highest BCUT2D eigenvalue weighted by Crippen LogP contribution is 2.27. The van der Waals surface area contributed by atoms with E-state index < -0.39 is 0 Å². The van der Waals surface area contributed by atoms with Gasteiger partial charge in [0.25, 0.3) is 0 Å². The Balaban J connectivity index is 1.81. The molecule has 1 amide bonds. The summed E-state index contributed by atoms with van der Waals surface area (Å²) in [6.45, 7) is 8.25. The fourth-order valence-electron chi connectivity index (χ4n) is 2.39. The Morgan fingerprint density at radius 1 is 1.38 bits per heavy atom. The van der Waals surface area contributed by atoms with E-state index in [0.717, 1.165) is 22.4 Å². The first-order chi connectivity index (χ1) is 11.3. The Morgan fingerprint density at radius 3 is 2.75 bits per heavy atom. The van der Waals surface area contributed by atoms with Crippen LogP contribution in [-0.4, -0.2) is 32.7 Å². The molecule has 0 atom stereocenters. The fourth-order valence-corrected chi connectivity index (χ4v) is 2.39. The lowest BCUT2D eigenvalue weighted by atomic mass is 10.2. The average Bonchev–Trinajstić information content (AvgIpc) is 2.76. The van der Waals surface area contributed by atoms with Crippen LogP contribution in [0.1, 0.15) is 32.8 Å². The molecule has 0 fully saturated rings. The number of hydrogen-bond donors (Lipinski definition) is 1. The number of anilines is 1. The summed E-state index contributed by atoms with van der Waals surface area (Å²) in [5.41, 5.74) is 3.26. The van der Waals surface area contributed by atoms with Gasteiger partial charge in [-0.05, 0) is 51.5 Å². The molecule has 2 aromatic rings. The smallest absolute Gasteiger partial charge is 0.229 e. The van der Waals surface area contributed by atoms with Gasteiger partial charge in [0.15, 0.2) is 5.65 Å². The van der Waals surface area contributed by atoms with E-state index in [1.54, 1.807) is 6.20 Å². The van der Waals surface area contributed by atoms with Crippen molar-refractivity contribution in [1.82, 2.24) is 14.5 Å². The predicted molar refractivity (Wildman–Crippen MR) is 94.6 cm³/mol. The summed E-state index contributed by atoms with van der Waals surface area (Å²) in [5.74, 6) is 0.362. The molecular formula is C18H22N4O2. The number of nitrogens with one attached hydrogen (secondary N) is 1. The van der Waals surface area contributed by atoms with Gasteiger partial charge in [0.1, 0.15) is 5.52 Å². The topological polar surface area (TPSA) is 69.0 Å². The minimum absolute atomic E-state index is 0.127. The molecule has 2 heterocycles. The molecule has 24 heavy (non-hydrogen) atoms. The lowest BCUT2D eigenvalue weighted by Gasteiger charge is -2.19. The summed E-state index contributed by atoms with van der Waals surface area (Å²) in [5, 5.41) is 2.88. The number of nitrogens with zero attached hydrogens (tertiary/aromatic N) is 3. The Bertz CT molecular complexity index is 841. The van der Waals surface area contributed by atoms with E-state index in [2.05, 4.69) is 15.3 Å². The number of ether oxygens (including phenoxy) is 1. The third-order valence-corrected chi connectivity index (χ3v) is 3.66. The van der Waals surface area contributed by atoms with Crippen LogP contribution in [0, 0.1) is 6.92 Å². The Hall–Kier alpha value is -2.47. The Morgan fingerprint density at radius 2 is 2.12 bits per heavy atom. The molecule has 6 heteroatoms. The van der Waals surface area contributed by atoms with Crippen molar-refractivity contribution in [2.45, 2.75) is 39.7 Å². The van der Waals surface area contributed by atoms with Crippen molar-refractivity contribution in [3.05, 3.63) is 36.1 Å². The van der Waals surface area contributed by atoms with Gasteiger partial charge in [-0.15, -0.1) is 0 Å². The van der Waals surface area contributed by atoms with Crippen molar-refractivity contribution in [3.63, 3.8) is 0 Å². The summed E-state index contributed by atoms with van der Waals surface area (Å²) >= 11 is 0. The lowest BCUT2D eigenvalue weighted by Crippen LogP contribution is -2.23. The van der Waals surface area contributed by atoms with Gasteiger partial charge in [0.05, 0.1) is 24.3 Å². The fraction of sp³-hybridized carbons (Fsp3) is 0.389. The zero-order chi connectivity index (χ0) is 17.3. The van der Waals surface area contributed by atoms with Crippen LogP contribution in [0.5, 0.6) is 0 Å². The van der Waals surface area contributed by atoms with Gasteiger partial charge in [0.2, 0.25) is 11.9 Å². The van der Waals surface area contributed by atoms with E-state index in [-0.39, 0.29) is 17.9 Å². The maximum Gasteiger partial charge on any atom is 0.229 e. The van der Waals surface area contributed by atoms with Crippen LogP contribution in [0.25, 0.3) is 16.9 Å². The van der Waals surface area contributed by atoms with Crippen LogP contribution in [0.4, 0.5) is 5.95 Å². The minimum Gasteiger partial charge on any atom is -0.375 e. The van der Waals surface area contributed by atoms with E-state index in [4.69, 9.17) is 4.74 Å². The van der Waals surface area contributed by atoms with Crippen molar-refractivity contribution in [2.24, 2.45) is 0 Å². The average molecular weight is 326 g/mol. The number of rotatable bonds is 5. The van der Waals surface area contributed by atoms with Crippen LogP contribution in [-0.2, 0) is 9.53 Å². The SMILES string of the molecule is Cc1ccnc2c1nc(NC(=O)CCOC(C)(C)C)n2C1=CC=C1. The van der Waals surface area contributed by atoms with Crippen molar-refractivity contribution in [1.29, 1.82) is 0 Å². The summed E-state index contributed by atoms with van der Waals surface area (Å²) in [4.78, 5) is 21.2. The summed E-state index contributed by atoms with van der Waals surface area (Å²) in [6, 6.07) is 1.91. The first-order valence-electron chi connectivity index (χ1n) is 8.02. The first kappa shape index (κ1) is 16.4. The molecule has 0 saturated heterocycles. The Kier molecular flexibility index (Phi) is 4.24. The largest absolute Gasteiger partial charge is 0.375 e. The highest BCUT2D eigenvalue weighted by atomic mass is 16.5. The minimum atomic E-state index is -0.254. The van der Waals surface area contributed by atoms with Gasteiger partial charge in [-0.25, -0.2) is 9.97 Å². The molecule has 126 valence electrons. The highest BCUT2D eigenvalue weighted by molar-refractivity contribution is 5.94. The number of carbonyl (C=O) groups excluding carboxylic acids is 1. The maximum atomic E-state index is 12.2. The zero-order valence-electron chi connectivity index (χ0n) is 14.5. The van der Waals surface area contributed by atoms with E-state index in [0.29, 0.717) is 12.6 Å². The van der Waals surface area contributed by atoms with Gasteiger partial charge in [-0.1, -0.05) is 6.08 Å². The van der Waals surface area contributed by atoms with Gasteiger partial charge in [-0.2, -0.15) is 0 Å². The van der Waals surface area contributed by atoms with Crippen LogP contribution in [0.2, 0.25) is 0 Å². The molecule has 0 unspecified atom stereocenters. The number of amides is 1. The van der Waals surface area contributed by atoms with Crippen molar-refractivity contribution < 1.29 is 9.53 Å². The van der Waals surface area contributed by atoms with Crippen LogP contribution < -0.4 is 5.32 Å². The number of allylic oxidation sites excluding steroid dienone is 4. The standard InChI is InChI=1S/C18H22N4O2/c1-12-8-10-19-16-15(12)21-17(22(16)13-6-5-7-13)20-14(23)9-11-24-18(2,3)4/h5-8,10H,9,11H2,1-4H3,(H,20,21,23). The number of aryl methyl sites for hydroxylation is 1. The maximum absolute atomic E-state index is 12.2. The molecule has 0 saturated carbocycles. The zero-order valence-corrected chi connectivity index (χ0v) is 14.5. The quantitative estimate of drug-likeness (QED) is 0.915. The number of pyridine rings is 1. The molecule has 2 aromatic heterocycles. The second-order valence-electron chi connectivity index (χ2n) is 6.78. The van der Waals surface area contributed by atoms with Gasteiger partial charge in [0, 0.05) is 6.20 Å². The molecular weight excluding hydrogens is 304 g/mol. The molecule has 1 aliphatic rings. The second-order valence-corrected chi connectivity index (χ2v) is 6.78. The third kappa shape index (κ3) is 3.38. The summed E-state index contributed by atoms with van der Waals surface area (Å²) < 4.78 is 7.47. The van der Waals surface area contributed by atoms with Crippen LogP contribution >= 0.6 is 0 Å². The number of hydrogen-bond acceptors (Lipinski definition) is 4. The monoisotopic (exact) mass is 326 g/mol. The molecule has 0 radical (unpaired) electrons. The first-order valence-corrected chi connectivity index (χ1v) is 8.02. The molecule has 1 aliphatic carbocycles. The number of carbonyl (C=O) groups is 1. The molecule has 0 aliphatic heterocycles. The van der Waals surface area contributed by atoms with Crippen molar-refractivity contribution >= 4 is 28.7 Å². The molecule has 6 nitrogen and oxygen atoms in total. The van der Waals surface area contributed by atoms with Crippen LogP contribution in [0.15, 0.2) is 30.5 Å². The molecule has 0 spiro atoms. The number of imidazole rings is 1. The molecule has 0 bridgehead atoms. The van der Waals surface area contributed by atoms with Gasteiger partial charge >= 0.3 is 0 Å². The predicted octanol–water partition coefficient (Wildman–Crippen LogP) is 3.29. The summed E-state index contributed by atoms with van der Waals surface area (Å²) in [6.07, 6.45) is 7.90. The van der Waals surface area contributed by atoms with E-state index >= 15 is 0 Å². The lowest BCUT2D eigenvalue weighted by molar-refractivity contribution is -0.118. The number of aromatic nitrogens is 3. The molecule has 1 N–H and O–H groups in total. The molecule has 0 aromatic carbocycles. The number of fused-ring (bicyclic) bond motifs is 1. The third-order valence-electron chi connectivity index (χ3n) is 3.66. The van der Waals surface area contributed by atoms with Crippen molar-refractivity contribution in [3.8, 4) is 0 Å². The second kappa shape index (κ2) is 6.20. The van der Waals surface area contributed by atoms with E-state index in [1.165, 1.54) is 0 Å². The Labute approximate surface area is 141 Å².